The fourth-order valence-electron chi connectivity index (χ4n) is 1.35. The average Bonchev–Trinajstić information content (AvgIpc) is 2.15. The van der Waals surface area contributed by atoms with Crippen LogP contribution in [0.5, 0.6) is 0 Å². The largest absolute Gasteiger partial charge is 0.416 e. The van der Waals surface area contributed by atoms with Gasteiger partial charge in [-0.15, -0.1) is 0 Å². The van der Waals surface area contributed by atoms with Crippen molar-refractivity contribution in [3.8, 4) is 0 Å². The van der Waals surface area contributed by atoms with Crippen molar-refractivity contribution in [3.63, 3.8) is 0 Å². The zero-order valence-corrected chi connectivity index (χ0v) is 9.07. The van der Waals surface area contributed by atoms with Gasteiger partial charge in [0, 0.05) is 0 Å². The molecule has 0 aliphatic carbocycles. The summed E-state index contributed by atoms with van der Waals surface area (Å²) in [7, 11) is 0. The van der Waals surface area contributed by atoms with Crippen LogP contribution in [0.15, 0.2) is 18.2 Å². The number of hydrogen-bond donors (Lipinski definition) is 0. The van der Waals surface area contributed by atoms with E-state index in [4.69, 9.17) is 0 Å². The van der Waals surface area contributed by atoms with Gasteiger partial charge in [0.25, 0.3) is 0 Å². The molecule has 15 heavy (non-hydrogen) atoms. The molecule has 0 unspecified atom stereocenters. The minimum Gasteiger partial charge on any atom is -0.166 e. The first kappa shape index (κ1) is 12.1. The second-order valence-electron chi connectivity index (χ2n) is 3.77. The lowest BCUT2D eigenvalue weighted by atomic mass is 9.96. The summed E-state index contributed by atoms with van der Waals surface area (Å²) in [6.07, 6.45) is -3.64. The minimum absolute atomic E-state index is 0.557. The van der Waals surface area contributed by atoms with Gasteiger partial charge in [-0.1, -0.05) is 26.8 Å². The van der Waals surface area contributed by atoms with E-state index in [0.717, 1.165) is 11.5 Å². The summed E-state index contributed by atoms with van der Waals surface area (Å²) in [4.78, 5) is 0. The summed E-state index contributed by atoms with van der Waals surface area (Å²) in [6.45, 7) is 5.48. The van der Waals surface area contributed by atoms with Gasteiger partial charge in [-0.05, 0) is 35.6 Å². The lowest BCUT2D eigenvalue weighted by Crippen LogP contribution is -2.07. The Labute approximate surface area is 88.1 Å². The van der Waals surface area contributed by atoms with Crippen LogP contribution < -0.4 is 0 Å². The monoisotopic (exact) mass is 215 g/mol. The van der Waals surface area contributed by atoms with Crippen LogP contribution in [0, 0.1) is 5.92 Å². The van der Waals surface area contributed by atoms with Crippen molar-refractivity contribution in [2.75, 3.05) is 0 Å². The van der Waals surface area contributed by atoms with Gasteiger partial charge < -0.3 is 0 Å². The van der Waals surface area contributed by atoms with Crippen LogP contribution in [-0.4, -0.2) is 0 Å². The third kappa shape index (κ3) is 2.98. The standard InChI is InChI=1S/C12H14F3/c1-4-9-5-10(8(2)3)7-11(6-9)12(13,14)15/h5-7H,4H2,1-3H3. The molecule has 0 saturated heterocycles. The molecule has 0 fully saturated rings. The van der Waals surface area contributed by atoms with E-state index < -0.39 is 11.7 Å². The predicted molar refractivity (Wildman–Crippen MR) is 54.5 cm³/mol. The molecule has 0 aromatic heterocycles. The molecule has 0 N–H and O–H groups in total. The van der Waals surface area contributed by atoms with Crippen molar-refractivity contribution in [2.45, 2.75) is 33.4 Å². The normalized spacial score (nSPS) is 12.2. The molecule has 0 aliphatic heterocycles. The maximum absolute atomic E-state index is 12.5. The highest BCUT2D eigenvalue weighted by atomic mass is 19.4. The molecule has 0 atom stereocenters. The fraction of sp³-hybridized carbons (Fsp3) is 0.417. The van der Waals surface area contributed by atoms with E-state index in [1.54, 1.807) is 0 Å². The molecule has 0 nitrogen and oxygen atoms in total. The number of aryl methyl sites for hydroxylation is 1. The van der Waals surface area contributed by atoms with Gasteiger partial charge in [-0.3, -0.25) is 0 Å². The van der Waals surface area contributed by atoms with Gasteiger partial charge in [0.1, 0.15) is 0 Å². The van der Waals surface area contributed by atoms with E-state index in [1.165, 1.54) is 12.1 Å². The van der Waals surface area contributed by atoms with Gasteiger partial charge in [0.15, 0.2) is 0 Å². The van der Waals surface area contributed by atoms with Crippen LogP contribution in [0.4, 0.5) is 13.2 Å². The Morgan fingerprint density at radius 1 is 1.13 bits per heavy atom. The van der Waals surface area contributed by atoms with Crippen molar-refractivity contribution in [3.05, 3.63) is 40.8 Å². The molecule has 0 heterocycles. The van der Waals surface area contributed by atoms with Crippen LogP contribution in [0.2, 0.25) is 0 Å². The second-order valence-corrected chi connectivity index (χ2v) is 3.77. The van der Waals surface area contributed by atoms with E-state index in [-0.39, 0.29) is 0 Å². The Bertz CT molecular complexity index is 337. The fourth-order valence-corrected chi connectivity index (χ4v) is 1.35. The zero-order chi connectivity index (χ0) is 11.6. The molecule has 1 aromatic rings. The van der Waals surface area contributed by atoms with E-state index in [0.29, 0.717) is 12.0 Å². The van der Waals surface area contributed by atoms with Crippen LogP contribution in [0.25, 0.3) is 0 Å². The van der Waals surface area contributed by atoms with Crippen molar-refractivity contribution in [1.82, 2.24) is 0 Å². The molecule has 0 amide bonds. The maximum Gasteiger partial charge on any atom is 0.416 e. The van der Waals surface area contributed by atoms with Crippen LogP contribution >= 0.6 is 0 Å². The highest BCUT2D eigenvalue weighted by Crippen LogP contribution is 2.32. The van der Waals surface area contributed by atoms with Gasteiger partial charge in [0.2, 0.25) is 0 Å². The van der Waals surface area contributed by atoms with Gasteiger partial charge >= 0.3 is 6.18 Å². The summed E-state index contributed by atoms with van der Waals surface area (Å²) in [6, 6.07) is 4.23. The second kappa shape index (κ2) is 4.25. The van der Waals surface area contributed by atoms with Crippen molar-refractivity contribution >= 4 is 0 Å². The first-order chi connectivity index (χ1) is 6.84. The number of rotatable bonds is 2. The van der Waals surface area contributed by atoms with Gasteiger partial charge in [-0.2, -0.15) is 13.2 Å². The van der Waals surface area contributed by atoms with Crippen LogP contribution in [-0.2, 0) is 12.6 Å². The molecule has 83 valence electrons. The summed E-state index contributed by atoms with van der Waals surface area (Å²) in [5.74, 6) is 0.899. The highest BCUT2D eigenvalue weighted by Gasteiger charge is 2.31. The first-order valence-corrected chi connectivity index (χ1v) is 4.86. The van der Waals surface area contributed by atoms with E-state index >= 15 is 0 Å². The SMILES string of the molecule is CCc1cc([C](C)C)cc(C(F)(F)F)c1. The average molecular weight is 215 g/mol. The highest BCUT2D eigenvalue weighted by molar-refractivity contribution is 5.38. The molecular formula is C12H14F3. The Hall–Kier alpha value is -0.990. The Morgan fingerprint density at radius 2 is 1.73 bits per heavy atom. The van der Waals surface area contributed by atoms with Gasteiger partial charge in [-0.25, -0.2) is 0 Å². The number of hydrogen-bond acceptors (Lipinski definition) is 0. The van der Waals surface area contributed by atoms with E-state index in [2.05, 4.69) is 0 Å². The maximum atomic E-state index is 12.5. The molecule has 3 heteroatoms. The van der Waals surface area contributed by atoms with E-state index in [9.17, 15) is 13.2 Å². The van der Waals surface area contributed by atoms with Crippen molar-refractivity contribution < 1.29 is 13.2 Å². The molecular weight excluding hydrogens is 201 g/mol. The molecule has 1 aromatic carbocycles. The zero-order valence-electron chi connectivity index (χ0n) is 9.07. The summed E-state index contributed by atoms with van der Waals surface area (Å²) >= 11 is 0. The minimum atomic E-state index is -4.25. The Balaban J connectivity index is 3.23. The smallest absolute Gasteiger partial charge is 0.166 e. The third-order valence-electron chi connectivity index (χ3n) is 2.31. The van der Waals surface area contributed by atoms with Crippen molar-refractivity contribution in [2.24, 2.45) is 0 Å². The molecule has 1 radical (unpaired) electrons. The lowest BCUT2D eigenvalue weighted by molar-refractivity contribution is -0.137. The quantitative estimate of drug-likeness (QED) is 0.692. The molecule has 0 saturated carbocycles. The molecule has 0 aliphatic rings. The lowest BCUT2D eigenvalue weighted by Gasteiger charge is -2.13. The van der Waals surface area contributed by atoms with E-state index in [1.807, 2.05) is 26.8 Å². The Kier molecular flexibility index (Phi) is 3.42. The predicted octanol–water partition coefficient (Wildman–Crippen LogP) is 4.23. The number of alkyl halides is 3. The van der Waals surface area contributed by atoms with Crippen LogP contribution in [0.1, 0.15) is 37.5 Å². The van der Waals surface area contributed by atoms with Gasteiger partial charge in [0.05, 0.1) is 5.56 Å². The molecule has 0 spiro atoms. The summed E-state index contributed by atoms with van der Waals surface area (Å²) in [5.41, 5.74) is 0.834. The molecule has 1 rings (SSSR count). The number of benzene rings is 1. The third-order valence-corrected chi connectivity index (χ3v) is 2.31. The topological polar surface area (TPSA) is 0 Å². The Morgan fingerprint density at radius 3 is 2.13 bits per heavy atom. The first-order valence-electron chi connectivity index (χ1n) is 4.86. The van der Waals surface area contributed by atoms with Crippen LogP contribution in [0.3, 0.4) is 0 Å². The molecule has 0 bridgehead atoms. The number of halogens is 3. The summed E-state index contributed by atoms with van der Waals surface area (Å²) in [5, 5.41) is 0. The summed E-state index contributed by atoms with van der Waals surface area (Å²) < 4.78 is 37.6. The van der Waals surface area contributed by atoms with Crippen molar-refractivity contribution in [1.29, 1.82) is 0 Å².